The van der Waals surface area contributed by atoms with Gasteiger partial charge in [0.05, 0.1) is 5.39 Å². The minimum atomic E-state index is -4.71. The van der Waals surface area contributed by atoms with Gasteiger partial charge in [-0.15, -0.1) is 0 Å². The van der Waals surface area contributed by atoms with Crippen molar-refractivity contribution in [2.45, 2.75) is 13.0 Å². The van der Waals surface area contributed by atoms with E-state index in [0.717, 1.165) is 18.2 Å². The molecule has 0 N–H and O–H groups in total. The first-order chi connectivity index (χ1) is 16.3. The van der Waals surface area contributed by atoms with Gasteiger partial charge in [-0.2, -0.15) is 8.78 Å². The maximum atomic E-state index is 15.0. The zero-order chi connectivity index (χ0) is 25.8. The molecule has 35 heavy (non-hydrogen) atoms. The van der Waals surface area contributed by atoms with Crippen LogP contribution < -0.4 is 4.74 Å². The molecule has 4 aromatic carbocycles. The second kappa shape index (κ2) is 8.47. The molecule has 0 saturated carbocycles. The van der Waals surface area contributed by atoms with Gasteiger partial charge in [0.2, 0.25) is 0 Å². The molecule has 0 amide bonds. The molecule has 0 bridgehead atoms. The van der Waals surface area contributed by atoms with E-state index in [0.29, 0.717) is 12.1 Å². The van der Waals surface area contributed by atoms with Gasteiger partial charge in [-0.25, -0.2) is 35.1 Å². The quantitative estimate of drug-likeness (QED) is 0.202. The van der Waals surface area contributed by atoms with E-state index < -0.39 is 80.5 Å². The Balaban J connectivity index is 1.79. The second-order valence-corrected chi connectivity index (χ2v) is 7.46. The Morgan fingerprint density at radius 1 is 0.600 bits per heavy atom. The lowest BCUT2D eigenvalue weighted by Gasteiger charge is -2.20. The fourth-order valence-corrected chi connectivity index (χ4v) is 3.50. The Bertz CT molecular complexity index is 1470. The van der Waals surface area contributed by atoms with E-state index in [-0.39, 0.29) is 23.1 Å². The Kier molecular flexibility index (Phi) is 5.90. The number of hydrogen-bond acceptors (Lipinski definition) is 1. The lowest BCUT2D eigenvalue weighted by atomic mass is 9.97. The Morgan fingerprint density at radius 2 is 1.17 bits per heavy atom. The predicted molar refractivity (Wildman–Crippen MR) is 105 cm³/mol. The Morgan fingerprint density at radius 3 is 1.80 bits per heavy atom. The molecule has 182 valence electrons. The van der Waals surface area contributed by atoms with E-state index in [4.69, 9.17) is 0 Å². The van der Waals surface area contributed by atoms with E-state index in [1.54, 1.807) is 0 Å². The average Bonchev–Trinajstić information content (AvgIpc) is 2.77. The number of rotatable bonds is 4. The number of fused-ring (bicyclic) bond motifs is 1. The molecule has 0 aliphatic rings. The third-order valence-electron chi connectivity index (χ3n) is 5.19. The van der Waals surface area contributed by atoms with Crippen LogP contribution >= 0.6 is 0 Å². The van der Waals surface area contributed by atoms with Crippen LogP contribution in [0.4, 0.5) is 43.9 Å². The van der Waals surface area contributed by atoms with Crippen molar-refractivity contribution >= 4 is 10.8 Å². The minimum Gasteiger partial charge on any atom is -0.429 e. The lowest BCUT2D eigenvalue weighted by Crippen LogP contribution is -2.24. The molecule has 0 spiro atoms. The first-order valence-electron chi connectivity index (χ1n) is 9.60. The standard InChI is InChI=1S/C24H10F10O/c1-9-6-10-2-3-12(19(28)17(10)23(32)18(9)27)13-4-5-14(21(30)20(13)29)24(33,34)35-11-7-15(25)22(31)16(26)8-11/h2-8H,1H3. The highest BCUT2D eigenvalue weighted by Gasteiger charge is 2.40. The van der Waals surface area contributed by atoms with Gasteiger partial charge in [0.15, 0.2) is 40.7 Å². The van der Waals surface area contributed by atoms with Crippen molar-refractivity contribution in [2.24, 2.45) is 0 Å². The second-order valence-electron chi connectivity index (χ2n) is 7.46. The van der Waals surface area contributed by atoms with Crippen LogP contribution in [0, 0.1) is 53.5 Å². The van der Waals surface area contributed by atoms with Gasteiger partial charge < -0.3 is 4.74 Å². The minimum absolute atomic E-state index is 0.0643. The molecular formula is C24H10F10O. The van der Waals surface area contributed by atoms with Crippen LogP contribution in [0.25, 0.3) is 21.9 Å². The molecule has 4 aromatic rings. The summed E-state index contributed by atoms with van der Waals surface area (Å²) in [6, 6.07) is 4.11. The van der Waals surface area contributed by atoms with Crippen molar-refractivity contribution in [3.63, 3.8) is 0 Å². The lowest BCUT2D eigenvalue weighted by molar-refractivity contribution is -0.187. The maximum Gasteiger partial charge on any atom is 0.429 e. The smallest absolute Gasteiger partial charge is 0.429 e. The summed E-state index contributed by atoms with van der Waals surface area (Å²) in [4.78, 5) is 0. The van der Waals surface area contributed by atoms with Crippen molar-refractivity contribution in [1.82, 2.24) is 0 Å². The summed E-state index contributed by atoms with van der Waals surface area (Å²) in [7, 11) is 0. The molecule has 0 unspecified atom stereocenters. The van der Waals surface area contributed by atoms with Crippen LogP contribution in [0.3, 0.4) is 0 Å². The summed E-state index contributed by atoms with van der Waals surface area (Å²) >= 11 is 0. The highest BCUT2D eigenvalue weighted by atomic mass is 19.3. The van der Waals surface area contributed by atoms with E-state index in [9.17, 15) is 43.9 Å². The van der Waals surface area contributed by atoms with E-state index in [1.165, 1.54) is 6.92 Å². The first-order valence-corrected chi connectivity index (χ1v) is 9.60. The number of hydrogen-bond donors (Lipinski definition) is 0. The molecular weight excluding hydrogens is 494 g/mol. The maximum absolute atomic E-state index is 15.0. The van der Waals surface area contributed by atoms with Crippen molar-refractivity contribution in [1.29, 1.82) is 0 Å². The molecule has 0 radical (unpaired) electrons. The number of aryl methyl sites for hydroxylation is 1. The third-order valence-corrected chi connectivity index (χ3v) is 5.19. The molecule has 0 heterocycles. The van der Waals surface area contributed by atoms with E-state index >= 15 is 0 Å². The highest BCUT2D eigenvalue weighted by Crippen LogP contribution is 2.39. The van der Waals surface area contributed by atoms with Crippen molar-refractivity contribution in [3.8, 4) is 16.9 Å². The fourth-order valence-electron chi connectivity index (χ4n) is 3.50. The fraction of sp³-hybridized carbons (Fsp3) is 0.0833. The van der Waals surface area contributed by atoms with Crippen LogP contribution in [0.2, 0.25) is 0 Å². The van der Waals surface area contributed by atoms with Crippen molar-refractivity contribution < 1.29 is 48.6 Å². The zero-order valence-corrected chi connectivity index (χ0v) is 17.2. The van der Waals surface area contributed by atoms with Gasteiger partial charge in [0, 0.05) is 23.3 Å². The molecule has 0 fully saturated rings. The summed E-state index contributed by atoms with van der Waals surface area (Å²) < 4.78 is 145. The molecule has 4 rings (SSSR count). The molecule has 1 nitrogen and oxygen atoms in total. The van der Waals surface area contributed by atoms with Gasteiger partial charge in [-0.1, -0.05) is 18.2 Å². The normalized spacial score (nSPS) is 11.9. The van der Waals surface area contributed by atoms with Gasteiger partial charge in [0.25, 0.3) is 0 Å². The summed E-state index contributed by atoms with van der Waals surface area (Å²) in [5.74, 6) is -15.6. The summed E-state index contributed by atoms with van der Waals surface area (Å²) in [6.45, 7) is 1.23. The zero-order valence-electron chi connectivity index (χ0n) is 17.2. The summed E-state index contributed by atoms with van der Waals surface area (Å²) in [5.41, 5.74) is -3.53. The monoisotopic (exact) mass is 504 g/mol. The van der Waals surface area contributed by atoms with Crippen LogP contribution in [0.15, 0.2) is 42.5 Å². The number of halogens is 10. The molecule has 0 saturated heterocycles. The van der Waals surface area contributed by atoms with E-state index in [2.05, 4.69) is 4.74 Å². The van der Waals surface area contributed by atoms with Crippen LogP contribution in [0.5, 0.6) is 5.75 Å². The Hall–Kier alpha value is -3.76. The van der Waals surface area contributed by atoms with Crippen LogP contribution in [-0.4, -0.2) is 0 Å². The van der Waals surface area contributed by atoms with Gasteiger partial charge >= 0.3 is 6.11 Å². The molecule has 11 heteroatoms. The third kappa shape index (κ3) is 4.04. The van der Waals surface area contributed by atoms with Gasteiger partial charge in [0.1, 0.15) is 17.1 Å². The highest BCUT2D eigenvalue weighted by molar-refractivity contribution is 5.89. The van der Waals surface area contributed by atoms with Crippen molar-refractivity contribution in [3.05, 3.63) is 100 Å². The number of ether oxygens (including phenoxy) is 1. The SMILES string of the molecule is Cc1cc2ccc(-c3ccc(C(F)(F)Oc4cc(F)c(F)c(F)c4)c(F)c3F)c(F)c2c(F)c1F. The number of benzene rings is 4. The molecule has 0 aliphatic heterocycles. The molecule has 0 aliphatic carbocycles. The summed E-state index contributed by atoms with van der Waals surface area (Å²) in [6.07, 6.45) is -4.71. The van der Waals surface area contributed by atoms with Gasteiger partial charge in [-0.05, 0) is 30.0 Å². The van der Waals surface area contributed by atoms with E-state index in [1.807, 2.05) is 0 Å². The first kappa shape index (κ1) is 24.4. The largest absolute Gasteiger partial charge is 0.429 e. The predicted octanol–water partition coefficient (Wildman–Crippen LogP) is 8.06. The Labute approximate surface area is 190 Å². The molecule has 0 aromatic heterocycles. The van der Waals surface area contributed by atoms with Crippen molar-refractivity contribution in [2.75, 3.05) is 0 Å². The summed E-state index contributed by atoms with van der Waals surface area (Å²) in [5, 5.41) is -0.942. The topological polar surface area (TPSA) is 9.23 Å². The molecule has 0 atom stereocenters. The van der Waals surface area contributed by atoms with Gasteiger partial charge in [-0.3, -0.25) is 0 Å². The van der Waals surface area contributed by atoms with Crippen LogP contribution in [0.1, 0.15) is 11.1 Å². The average molecular weight is 504 g/mol. The van der Waals surface area contributed by atoms with Crippen LogP contribution in [-0.2, 0) is 6.11 Å². The number of alkyl halides is 2.